The van der Waals surface area contributed by atoms with E-state index in [-0.39, 0.29) is 0 Å². The molecule has 0 radical (unpaired) electrons. The standard InChI is InChI=1S/C13H25N3/c1-5-8-9-13(4,12-14)15-10-11-16(6-2)7-3/h5,15H,1,6-11H2,2-4H3. The average molecular weight is 223 g/mol. The van der Waals surface area contributed by atoms with Crippen molar-refractivity contribution >= 4 is 0 Å². The molecular weight excluding hydrogens is 198 g/mol. The Kier molecular flexibility index (Phi) is 7.88. The molecule has 0 aromatic heterocycles. The lowest BCUT2D eigenvalue weighted by Crippen LogP contribution is -2.44. The van der Waals surface area contributed by atoms with Crippen LogP contribution in [0, 0.1) is 11.3 Å². The van der Waals surface area contributed by atoms with Gasteiger partial charge in [0.1, 0.15) is 5.54 Å². The van der Waals surface area contributed by atoms with Gasteiger partial charge in [0.15, 0.2) is 0 Å². The largest absolute Gasteiger partial charge is 0.303 e. The minimum atomic E-state index is -0.415. The van der Waals surface area contributed by atoms with Gasteiger partial charge in [-0.2, -0.15) is 5.26 Å². The minimum absolute atomic E-state index is 0.415. The van der Waals surface area contributed by atoms with Gasteiger partial charge in [-0.1, -0.05) is 19.9 Å². The minimum Gasteiger partial charge on any atom is -0.303 e. The highest BCUT2D eigenvalue weighted by Gasteiger charge is 2.21. The van der Waals surface area contributed by atoms with Gasteiger partial charge in [0.05, 0.1) is 6.07 Å². The molecule has 0 fully saturated rings. The Morgan fingerprint density at radius 3 is 2.50 bits per heavy atom. The number of nitrogens with one attached hydrogen (secondary N) is 1. The number of allylic oxidation sites excluding steroid dienone is 1. The first kappa shape index (κ1) is 15.2. The van der Waals surface area contributed by atoms with Crippen LogP contribution in [-0.4, -0.2) is 36.6 Å². The van der Waals surface area contributed by atoms with Gasteiger partial charge in [0.2, 0.25) is 0 Å². The first-order valence-electron chi connectivity index (χ1n) is 6.11. The van der Waals surface area contributed by atoms with E-state index >= 15 is 0 Å². The van der Waals surface area contributed by atoms with E-state index in [1.54, 1.807) is 0 Å². The quantitative estimate of drug-likeness (QED) is 0.609. The fourth-order valence-corrected chi connectivity index (χ4v) is 1.60. The molecule has 1 atom stereocenters. The number of nitriles is 1. The first-order chi connectivity index (χ1) is 7.61. The summed E-state index contributed by atoms with van der Waals surface area (Å²) in [6.07, 6.45) is 3.56. The summed E-state index contributed by atoms with van der Waals surface area (Å²) in [5, 5.41) is 12.5. The van der Waals surface area contributed by atoms with Crippen molar-refractivity contribution in [3.63, 3.8) is 0 Å². The molecule has 0 saturated heterocycles. The lowest BCUT2D eigenvalue weighted by atomic mass is 9.98. The van der Waals surface area contributed by atoms with Crippen LogP contribution in [0.25, 0.3) is 0 Å². The van der Waals surface area contributed by atoms with Crippen molar-refractivity contribution in [1.82, 2.24) is 10.2 Å². The summed E-state index contributed by atoms with van der Waals surface area (Å²) in [6.45, 7) is 13.9. The molecule has 0 rings (SSSR count). The van der Waals surface area contributed by atoms with Crippen LogP contribution in [0.15, 0.2) is 12.7 Å². The highest BCUT2D eigenvalue weighted by atomic mass is 15.1. The average Bonchev–Trinajstić information content (AvgIpc) is 2.32. The number of rotatable bonds is 9. The van der Waals surface area contributed by atoms with Crippen molar-refractivity contribution in [1.29, 1.82) is 5.26 Å². The highest BCUT2D eigenvalue weighted by molar-refractivity contribution is 5.04. The molecule has 0 amide bonds. The fraction of sp³-hybridized carbons (Fsp3) is 0.769. The second-order valence-corrected chi connectivity index (χ2v) is 4.22. The number of likely N-dealkylation sites (N-methyl/N-ethyl adjacent to an activating group) is 1. The Balaban J connectivity index is 3.95. The molecule has 0 aromatic carbocycles. The summed E-state index contributed by atoms with van der Waals surface area (Å²) in [7, 11) is 0. The van der Waals surface area contributed by atoms with Gasteiger partial charge in [0, 0.05) is 13.1 Å². The molecule has 3 nitrogen and oxygen atoms in total. The molecular formula is C13H25N3. The van der Waals surface area contributed by atoms with Gasteiger partial charge >= 0.3 is 0 Å². The van der Waals surface area contributed by atoms with Crippen LogP contribution in [0.2, 0.25) is 0 Å². The summed E-state index contributed by atoms with van der Waals surface area (Å²) in [5.41, 5.74) is -0.415. The number of hydrogen-bond donors (Lipinski definition) is 1. The molecule has 1 unspecified atom stereocenters. The van der Waals surface area contributed by atoms with E-state index in [1.807, 2.05) is 13.0 Å². The van der Waals surface area contributed by atoms with Gasteiger partial charge in [0.25, 0.3) is 0 Å². The maximum atomic E-state index is 9.13. The van der Waals surface area contributed by atoms with Crippen LogP contribution >= 0.6 is 0 Å². The third kappa shape index (κ3) is 5.89. The van der Waals surface area contributed by atoms with Gasteiger partial charge in [-0.25, -0.2) is 0 Å². The Morgan fingerprint density at radius 1 is 1.44 bits per heavy atom. The van der Waals surface area contributed by atoms with E-state index in [9.17, 15) is 0 Å². The molecule has 92 valence electrons. The SMILES string of the molecule is C=CCCC(C)(C#N)NCCN(CC)CC. The molecule has 0 aliphatic heterocycles. The zero-order valence-electron chi connectivity index (χ0n) is 10.9. The van der Waals surface area contributed by atoms with E-state index in [0.29, 0.717) is 0 Å². The topological polar surface area (TPSA) is 39.1 Å². The van der Waals surface area contributed by atoms with Gasteiger partial charge in [-0.3, -0.25) is 5.32 Å². The molecule has 0 aromatic rings. The van der Waals surface area contributed by atoms with E-state index in [1.165, 1.54) is 0 Å². The van der Waals surface area contributed by atoms with Crippen LogP contribution in [0.4, 0.5) is 0 Å². The zero-order chi connectivity index (χ0) is 12.4. The molecule has 0 heterocycles. The molecule has 0 saturated carbocycles. The van der Waals surface area contributed by atoms with Crippen molar-refractivity contribution in [2.24, 2.45) is 0 Å². The summed E-state index contributed by atoms with van der Waals surface area (Å²) in [6, 6.07) is 2.35. The summed E-state index contributed by atoms with van der Waals surface area (Å²) >= 11 is 0. The Morgan fingerprint density at radius 2 is 2.06 bits per heavy atom. The van der Waals surface area contributed by atoms with Crippen molar-refractivity contribution in [3.8, 4) is 6.07 Å². The van der Waals surface area contributed by atoms with Gasteiger partial charge < -0.3 is 4.90 Å². The normalized spacial score (nSPS) is 14.4. The van der Waals surface area contributed by atoms with Gasteiger partial charge in [-0.05, 0) is 32.9 Å². The van der Waals surface area contributed by atoms with E-state index in [2.05, 4.69) is 36.7 Å². The molecule has 0 bridgehead atoms. The van der Waals surface area contributed by atoms with Crippen molar-refractivity contribution in [3.05, 3.63) is 12.7 Å². The van der Waals surface area contributed by atoms with Crippen molar-refractivity contribution < 1.29 is 0 Å². The highest BCUT2D eigenvalue weighted by Crippen LogP contribution is 2.10. The Bertz CT molecular complexity index is 228. The molecule has 1 N–H and O–H groups in total. The third-order valence-electron chi connectivity index (χ3n) is 2.93. The van der Waals surface area contributed by atoms with Crippen LogP contribution in [-0.2, 0) is 0 Å². The summed E-state index contributed by atoms with van der Waals surface area (Å²) < 4.78 is 0. The van der Waals surface area contributed by atoms with Crippen LogP contribution in [0.5, 0.6) is 0 Å². The van der Waals surface area contributed by atoms with Crippen LogP contribution in [0.1, 0.15) is 33.6 Å². The maximum Gasteiger partial charge on any atom is 0.104 e. The predicted molar refractivity (Wildman–Crippen MR) is 69.2 cm³/mol. The Labute approximate surface area is 100 Å². The zero-order valence-corrected chi connectivity index (χ0v) is 10.9. The summed E-state index contributed by atoms with van der Waals surface area (Å²) in [5.74, 6) is 0. The van der Waals surface area contributed by atoms with Crippen LogP contribution < -0.4 is 5.32 Å². The molecule has 0 aliphatic rings. The molecule has 3 heteroatoms. The first-order valence-corrected chi connectivity index (χ1v) is 6.11. The number of hydrogen-bond acceptors (Lipinski definition) is 3. The summed E-state index contributed by atoms with van der Waals surface area (Å²) in [4.78, 5) is 2.35. The third-order valence-corrected chi connectivity index (χ3v) is 2.93. The van der Waals surface area contributed by atoms with E-state index in [4.69, 9.17) is 5.26 Å². The molecule has 16 heavy (non-hydrogen) atoms. The molecule has 0 spiro atoms. The molecule has 0 aliphatic carbocycles. The monoisotopic (exact) mass is 223 g/mol. The smallest absolute Gasteiger partial charge is 0.104 e. The second-order valence-electron chi connectivity index (χ2n) is 4.22. The lowest BCUT2D eigenvalue weighted by molar-refractivity contribution is 0.286. The predicted octanol–water partition coefficient (Wildman–Crippen LogP) is 2.17. The van der Waals surface area contributed by atoms with E-state index < -0.39 is 5.54 Å². The van der Waals surface area contributed by atoms with Crippen molar-refractivity contribution in [2.75, 3.05) is 26.2 Å². The lowest BCUT2D eigenvalue weighted by Gasteiger charge is -2.25. The van der Waals surface area contributed by atoms with E-state index in [0.717, 1.165) is 39.0 Å². The van der Waals surface area contributed by atoms with Gasteiger partial charge in [-0.15, -0.1) is 6.58 Å². The second kappa shape index (κ2) is 8.32. The maximum absolute atomic E-state index is 9.13. The van der Waals surface area contributed by atoms with Crippen LogP contribution in [0.3, 0.4) is 0 Å². The number of nitrogens with zero attached hydrogens (tertiary/aromatic N) is 2. The fourth-order valence-electron chi connectivity index (χ4n) is 1.60. The Hall–Kier alpha value is -0.850. The van der Waals surface area contributed by atoms with Crippen molar-refractivity contribution in [2.45, 2.75) is 39.2 Å².